The Morgan fingerprint density at radius 3 is 2.82 bits per heavy atom. The molecule has 0 saturated heterocycles. The van der Waals surface area contributed by atoms with E-state index in [9.17, 15) is 17.6 Å². The second kappa shape index (κ2) is 6.56. The molecule has 0 bridgehead atoms. The molecule has 0 atom stereocenters. The average molecular weight is 400 g/mol. The number of carbonyl (C=O) groups is 1. The minimum absolute atomic E-state index is 0.0538. The molecular weight excluding hydrogens is 383 g/mol. The molecule has 6 nitrogen and oxygen atoms in total. The van der Waals surface area contributed by atoms with Crippen LogP contribution in [0.1, 0.15) is 23.7 Å². The molecule has 0 spiro atoms. The van der Waals surface area contributed by atoms with Crippen molar-refractivity contribution in [1.82, 2.24) is 9.55 Å². The van der Waals surface area contributed by atoms with E-state index >= 15 is 0 Å². The van der Waals surface area contributed by atoms with Crippen molar-refractivity contribution in [1.29, 1.82) is 0 Å². The van der Waals surface area contributed by atoms with Gasteiger partial charge in [-0.15, -0.1) is 0 Å². The quantitative estimate of drug-likeness (QED) is 0.629. The summed E-state index contributed by atoms with van der Waals surface area (Å²) in [4.78, 5) is 16.3. The first-order chi connectivity index (χ1) is 13.3. The van der Waals surface area contributed by atoms with Gasteiger partial charge < -0.3 is 9.30 Å². The Kier molecular flexibility index (Phi) is 4.30. The van der Waals surface area contributed by atoms with Gasteiger partial charge in [-0.3, -0.25) is 9.78 Å². The summed E-state index contributed by atoms with van der Waals surface area (Å²) in [6.45, 7) is 3.69. The van der Waals surface area contributed by atoms with E-state index in [-0.39, 0.29) is 18.0 Å². The van der Waals surface area contributed by atoms with Crippen LogP contribution in [0.2, 0.25) is 0 Å². The largest absolute Gasteiger partial charge is 0.465 e. The van der Waals surface area contributed by atoms with Crippen molar-refractivity contribution in [3.05, 3.63) is 64.7 Å². The van der Waals surface area contributed by atoms with Crippen LogP contribution < -0.4 is 0 Å². The third-order valence-corrected chi connectivity index (χ3v) is 6.31. The van der Waals surface area contributed by atoms with Gasteiger partial charge in [-0.25, -0.2) is 12.8 Å². The number of hydrogen-bond acceptors (Lipinski definition) is 5. The Morgan fingerprint density at radius 2 is 2.07 bits per heavy atom. The zero-order chi connectivity index (χ0) is 20.1. The van der Waals surface area contributed by atoms with Crippen molar-refractivity contribution < 1.29 is 22.3 Å². The standard InChI is InChI=1S/C20H17FN2O4S/c1-3-27-19(24)10-23-12(2)20(14-8-13(21)4-5-17(14)23)16-11-28(25,26)18-6-7-22-9-15(16)18/h4-9,11H,3,10H2,1-2H3. The van der Waals surface area contributed by atoms with Gasteiger partial charge in [0.1, 0.15) is 12.4 Å². The monoisotopic (exact) mass is 400 g/mol. The number of esters is 1. The predicted octanol–water partition coefficient (Wildman–Crippen LogP) is 3.22. The lowest BCUT2D eigenvalue weighted by Gasteiger charge is -2.09. The minimum Gasteiger partial charge on any atom is -0.465 e. The summed E-state index contributed by atoms with van der Waals surface area (Å²) < 4.78 is 45.9. The molecule has 0 fully saturated rings. The van der Waals surface area contributed by atoms with Crippen molar-refractivity contribution in [2.24, 2.45) is 0 Å². The molecule has 0 saturated carbocycles. The fraction of sp³-hybridized carbons (Fsp3) is 0.200. The molecule has 3 heterocycles. The first-order valence-corrected chi connectivity index (χ1v) is 10.2. The molecule has 2 aromatic heterocycles. The van der Waals surface area contributed by atoms with Crippen LogP contribution in [-0.4, -0.2) is 30.5 Å². The van der Waals surface area contributed by atoms with Crippen molar-refractivity contribution in [2.45, 2.75) is 25.3 Å². The fourth-order valence-electron chi connectivity index (χ4n) is 3.64. The van der Waals surface area contributed by atoms with E-state index in [0.717, 1.165) is 0 Å². The number of carbonyl (C=O) groups excluding carboxylic acids is 1. The number of pyridine rings is 1. The predicted molar refractivity (Wildman–Crippen MR) is 102 cm³/mol. The number of ether oxygens (including phenoxy) is 1. The molecule has 0 aliphatic carbocycles. The maximum Gasteiger partial charge on any atom is 0.325 e. The molecule has 144 valence electrons. The molecule has 28 heavy (non-hydrogen) atoms. The van der Waals surface area contributed by atoms with Gasteiger partial charge in [-0.05, 0) is 38.1 Å². The zero-order valence-electron chi connectivity index (χ0n) is 15.3. The number of halogens is 1. The lowest BCUT2D eigenvalue weighted by Crippen LogP contribution is -2.14. The van der Waals surface area contributed by atoms with E-state index in [2.05, 4.69) is 4.98 Å². The van der Waals surface area contributed by atoms with Crippen LogP contribution in [0.5, 0.6) is 0 Å². The summed E-state index contributed by atoms with van der Waals surface area (Å²) in [6, 6.07) is 5.68. The lowest BCUT2D eigenvalue weighted by atomic mass is 9.98. The van der Waals surface area contributed by atoms with E-state index in [1.54, 1.807) is 24.5 Å². The Labute approximate surface area is 161 Å². The molecule has 0 amide bonds. The van der Waals surface area contributed by atoms with Gasteiger partial charge in [-0.2, -0.15) is 0 Å². The Bertz CT molecular complexity index is 1260. The van der Waals surface area contributed by atoms with Crippen LogP contribution in [0.4, 0.5) is 4.39 Å². The SMILES string of the molecule is CCOC(=O)Cn1c(C)c(C2=CS(=O)(=O)c3ccncc32)c2cc(F)ccc21. The van der Waals surface area contributed by atoms with Crippen LogP contribution in [0, 0.1) is 12.7 Å². The highest BCUT2D eigenvalue weighted by Gasteiger charge is 2.31. The van der Waals surface area contributed by atoms with Gasteiger partial charge >= 0.3 is 5.97 Å². The van der Waals surface area contributed by atoms with Crippen molar-refractivity contribution in [3.8, 4) is 0 Å². The second-order valence-corrected chi connectivity index (χ2v) is 8.23. The Morgan fingerprint density at radius 1 is 1.29 bits per heavy atom. The summed E-state index contributed by atoms with van der Waals surface area (Å²) in [5.41, 5.74) is 2.74. The maximum atomic E-state index is 14.0. The summed E-state index contributed by atoms with van der Waals surface area (Å²) in [5.74, 6) is -0.872. The highest BCUT2D eigenvalue weighted by atomic mass is 32.2. The zero-order valence-corrected chi connectivity index (χ0v) is 16.1. The van der Waals surface area contributed by atoms with Gasteiger partial charge in [-0.1, -0.05) is 0 Å². The van der Waals surface area contributed by atoms with E-state index in [1.807, 2.05) is 0 Å². The summed E-state index contributed by atoms with van der Waals surface area (Å²) in [6.07, 6.45) is 2.91. The topological polar surface area (TPSA) is 78.3 Å². The van der Waals surface area contributed by atoms with Crippen molar-refractivity contribution in [3.63, 3.8) is 0 Å². The van der Waals surface area contributed by atoms with Crippen LogP contribution in [0.3, 0.4) is 0 Å². The Balaban J connectivity index is 2.00. The molecule has 3 aromatic rings. The number of aromatic nitrogens is 2. The number of hydrogen-bond donors (Lipinski definition) is 0. The van der Waals surface area contributed by atoms with Crippen molar-refractivity contribution >= 4 is 32.3 Å². The van der Waals surface area contributed by atoms with Crippen LogP contribution >= 0.6 is 0 Å². The van der Waals surface area contributed by atoms with Crippen LogP contribution in [0.25, 0.3) is 16.5 Å². The van der Waals surface area contributed by atoms with E-state index in [0.29, 0.717) is 33.3 Å². The summed E-state index contributed by atoms with van der Waals surface area (Å²) in [5, 5.41) is 1.71. The molecule has 1 aliphatic heterocycles. The number of fused-ring (bicyclic) bond motifs is 2. The molecule has 0 unspecified atom stereocenters. The maximum absolute atomic E-state index is 14.0. The van der Waals surface area contributed by atoms with Crippen molar-refractivity contribution in [2.75, 3.05) is 6.61 Å². The molecule has 1 aliphatic rings. The molecular formula is C20H17FN2O4S. The van der Waals surface area contributed by atoms with Gasteiger partial charge in [0, 0.05) is 51.1 Å². The summed E-state index contributed by atoms with van der Waals surface area (Å²) >= 11 is 0. The molecule has 0 radical (unpaired) electrons. The van der Waals surface area contributed by atoms with Gasteiger partial charge in [0.25, 0.3) is 0 Å². The van der Waals surface area contributed by atoms with Gasteiger partial charge in [0.2, 0.25) is 9.84 Å². The smallest absolute Gasteiger partial charge is 0.325 e. The molecule has 0 N–H and O–H groups in total. The van der Waals surface area contributed by atoms with E-state index in [1.165, 1.54) is 36.0 Å². The van der Waals surface area contributed by atoms with Crippen LogP contribution in [-0.2, 0) is 25.9 Å². The van der Waals surface area contributed by atoms with E-state index in [4.69, 9.17) is 4.74 Å². The van der Waals surface area contributed by atoms with Crippen LogP contribution in [0.15, 0.2) is 47.0 Å². The first kappa shape index (κ1) is 18.4. The molecule has 1 aromatic carbocycles. The number of nitrogens with zero attached hydrogens (tertiary/aromatic N) is 2. The molecule has 8 heteroatoms. The van der Waals surface area contributed by atoms with Gasteiger partial charge in [0.15, 0.2) is 0 Å². The number of sulfone groups is 1. The highest BCUT2D eigenvalue weighted by Crippen LogP contribution is 2.42. The number of benzene rings is 1. The third kappa shape index (κ3) is 2.80. The average Bonchev–Trinajstić information content (AvgIpc) is 3.06. The van der Waals surface area contributed by atoms with Gasteiger partial charge in [0.05, 0.1) is 11.5 Å². The number of rotatable bonds is 4. The minimum atomic E-state index is -3.62. The molecule has 4 rings (SSSR count). The Hall–Kier alpha value is -3.00. The lowest BCUT2D eigenvalue weighted by molar-refractivity contribution is -0.143. The van der Waals surface area contributed by atoms with E-state index < -0.39 is 21.6 Å². The fourth-order valence-corrected chi connectivity index (χ4v) is 5.04. The highest BCUT2D eigenvalue weighted by molar-refractivity contribution is 7.95. The normalized spacial score (nSPS) is 14.8. The third-order valence-electron chi connectivity index (χ3n) is 4.80. The second-order valence-electron chi connectivity index (χ2n) is 6.46. The summed E-state index contributed by atoms with van der Waals surface area (Å²) in [7, 11) is -3.62. The first-order valence-electron chi connectivity index (χ1n) is 8.69.